The molecule has 0 saturated heterocycles. The molecular weight excluding hydrogens is 1210 g/mol. The van der Waals surface area contributed by atoms with E-state index in [9.17, 15) is 0 Å². The molecule has 0 amide bonds. The van der Waals surface area contributed by atoms with Gasteiger partial charge in [0.25, 0.3) is 0 Å². The van der Waals surface area contributed by atoms with Crippen molar-refractivity contribution in [1.82, 2.24) is 0 Å². The molecule has 14 aromatic rings. The summed E-state index contributed by atoms with van der Waals surface area (Å²) in [6.07, 6.45) is 0. The van der Waals surface area contributed by atoms with Crippen LogP contribution in [0.1, 0.15) is 49.9 Å². The van der Waals surface area contributed by atoms with Gasteiger partial charge >= 0.3 is 94.2 Å². The van der Waals surface area contributed by atoms with E-state index in [-0.39, 0.29) is 14.9 Å². The fourth-order valence-electron chi connectivity index (χ4n) is 10.7. The summed E-state index contributed by atoms with van der Waals surface area (Å²) in [7, 11) is 11.1. The van der Waals surface area contributed by atoms with Crippen LogP contribution in [0.2, 0.25) is 0 Å². The van der Waals surface area contributed by atoms with Crippen LogP contribution in [-0.2, 0) is 43.1 Å². The summed E-state index contributed by atoms with van der Waals surface area (Å²) >= 11 is -0.285. The van der Waals surface area contributed by atoms with E-state index in [4.69, 9.17) is 17.0 Å². The molecule has 0 heterocycles. The van der Waals surface area contributed by atoms with E-state index >= 15 is 0 Å². The second kappa shape index (κ2) is 30.9. The normalized spacial score (nSPS) is 10.3. The summed E-state index contributed by atoms with van der Waals surface area (Å²) in [6.45, 7) is 16.8. The fourth-order valence-corrected chi connectivity index (χ4v) is 10.7. The molecule has 0 aliphatic carbocycles. The van der Waals surface area contributed by atoms with Gasteiger partial charge in [0.05, 0.1) is 0 Å². The molecule has 0 fully saturated rings. The molecule has 0 aliphatic heterocycles. The van der Waals surface area contributed by atoms with Gasteiger partial charge in [-0.05, 0) is 43.8 Å². The van der Waals surface area contributed by atoms with Gasteiger partial charge in [0, 0.05) is 0 Å². The maximum absolute atomic E-state index is 5.54. The van der Waals surface area contributed by atoms with E-state index in [0.29, 0.717) is 0 Å². The Balaban J connectivity index is 0.000000152. The minimum Gasteiger partial charge on any atom is -0.358 e. The molecule has 0 radical (unpaired) electrons. The number of hydrogen-bond donors (Lipinski definition) is 0. The number of benzene rings is 10. The minimum absolute atomic E-state index is 0. The third-order valence-electron chi connectivity index (χ3n) is 14.3. The van der Waals surface area contributed by atoms with Gasteiger partial charge in [-0.15, -0.1) is 138 Å². The van der Waals surface area contributed by atoms with Gasteiger partial charge in [0.15, 0.2) is 0 Å². The predicted octanol–water partition coefficient (Wildman–Crippen LogP) is 24.2. The predicted molar refractivity (Wildman–Crippen MR) is 371 cm³/mol. The van der Waals surface area contributed by atoms with Crippen LogP contribution in [0.25, 0.3) is 109 Å². The standard InChI is InChI=1S/2C20H15.2C16H13.2C3H6.2CH3.2ClH.2Zr/c2*1-14-12-16-8-5-11-19(20(16)13-14)18-10-4-7-15-6-2-3-9-17(15)18;2*1-12-10-14-8-5-9-15(16(14)11-12)13-6-3-2-4-7-13;2*1-3-2;;;;;;/h2*2-13H,1H3;2*2-11H,1H3;2*1-2H3;2*1H3;2*1H;;/q4*-1;;;2*-1;;;;+2/p-2. The Morgan fingerprint density at radius 3 is 0.833 bits per heavy atom. The number of halogens is 2. The number of fused-ring (bicyclic) bond motifs is 6. The van der Waals surface area contributed by atoms with E-state index in [2.05, 4.69) is 308 Å². The molecular formula is C80H74Cl2Zr2-6. The molecule has 14 aromatic carbocycles. The Morgan fingerprint density at radius 1 is 0.310 bits per heavy atom. The SMILES string of the molecule is C[C](C)=[Zr].C[C](C)=[Zr]([Cl])[Cl].Cc1cc2c(-c3cccc4ccccc34)cccc2[cH-]1.Cc1cc2c(-c3cccc4ccccc34)cccc2[cH-]1.Cc1cc2c(-c3ccccc3)cccc2[cH-]1.Cc1cc2c(-c3ccccc3)cccc2[cH-]1.[CH3-].[CH3-]. The quantitative estimate of drug-likeness (QED) is 0.154. The third kappa shape index (κ3) is 16.4. The van der Waals surface area contributed by atoms with Gasteiger partial charge in [-0.2, -0.15) is 24.3 Å². The first kappa shape index (κ1) is 64.8. The largest absolute Gasteiger partial charge is 0.358 e. The van der Waals surface area contributed by atoms with Crippen molar-refractivity contribution in [1.29, 1.82) is 0 Å². The first-order chi connectivity index (χ1) is 39.7. The van der Waals surface area contributed by atoms with Crippen LogP contribution >= 0.6 is 17.0 Å². The molecule has 0 unspecified atom stereocenters. The van der Waals surface area contributed by atoms with E-state index in [1.165, 1.54) is 138 Å². The van der Waals surface area contributed by atoms with Crippen LogP contribution < -0.4 is 0 Å². The maximum atomic E-state index is 5.54. The van der Waals surface area contributed by atoms with Crippen LogP contribution in [0.5, 0.6) is 0 Å². The van der Waals surface area contributed by atoms with E-state index in [1.807, 2.05) is 13.8 Å². The molecule has 0 nitrogen and oxygen atoms in total. The molecule has 422 valence electrons. The molecule has 84 heavy (non-hydrogen) atoms. The van der Waals surface area contributed by atoms with Crippen LogP contribution in [0, 0.1) is 42.5 Å². The van der Waals surface area contributed by atoms with Crippen molar-refractivity contribution in [2.75, 3.05) is 0 Å². The van der Waals surface area contributed by atoms with Crippen molar-refractivity contribution in [2.24, 2.45) is 0 Å². The molecule has 0 atom stereocenters. The summed E-state index contributed by atoms with van der Waals surface area (Å²) in [5.41, 5.74) is 15.8. The minimum atomic E-state index is -1.84. The second-order valence-corrected chi connectivity index (χ2v) is 33.2. The molecule has 0 aliphatic rings. The summed E-state index contributed by atoms with van der Waals surface area (Å²) in [5, 5.41) is 16.0. The number of rotatable bonds is 4. The van der Waals surface area contributed by atoms with Gasteiger partial charge in [0.2, 0.25) is 0 Å². The second-order valence-electron chi connectivity index (χ2n) is 21.4. The van der Waals surface area contributed by atoms with E-state index in [0.717, 1.165) is 0 Å². The first-order valence-electron chi connectivity index (χ1n) is 27.9. The fraction of sp³-hybridized carbons (Fsp3) is 0.100. The molecule has 0 aromatic heterocycles. The van der Waals surface area contributed by atoms with Gasteiger partial charge < -0.3 is 14.9 Å². The van der Waals surface area contributed by atoms with Crippen molar-refractivity contribution in [2.45, 2.75) is 55.4 Å². The van der Waals surface area contributed by atoms with Crippen molar-refractivity contribution in [3.05, 3.63) is 304 Å². The summed E-state index contributed by atoms with van der Waals surface area (Å²) < 4.78 is 2.74. The van der Waals surface area contributed by atoms with Crippen molar-refractivity contribution in [3.8, 4) is 44.5 Å². The molecule has 14 rings (SSSR count). The molecule has 0 spiro atoms. The van der Waals surface area contributed by atoms with Crippen molar-refractivity contribution < 1.29 is 43.1 Å². The Labute approximate surface area is 530 Å². The number of hydrogen-bond acceptors (Lipinski definition) is 0. The summed E-state index contributed by atoms with van der Waals surface area (Å²) in [5.74, 6) is 0. The van der Waals surface area contributed by atoms with Crippen molar-refractivity contribution >= 4 is 88.1 Å². The van der Waals surface area contributed by atoms with E-state index < -0.39 is 18.9 Å². The first-order valence-corrected chi connectivity index (χ1v) is 36.7. The Bertz CT molecular complexity index is 4160. The van der Waals surface area contributed by atoms with Crippen LogP contribution in [-0.4, -0.2) is 6.41 Å². The van der Waals surface area contributed by atoms with Gasteiger partial charge in [0.1, 0.15) is 0 Å². The maximum Gasteiger partial charge on any atom is -0.0114 e. The van der Waals surface area contributed by atoms with Gasteiger partial charge in [-0.1, -0.05) is 220 Å². The monoisotopic (exact) mass is 1280 g/mol. The number of aryl methyl sites for hydroxylation is 4. The Kier molecular flexibility index (Phi) is 23.8. The Hall–Kier alpha value is -6.75. The van der Waals surface area contributed by atoms with Gasteiger partial charge in [-0.25, -0.2) is 0 Å². The average molecular weight is 1290 g/mol. The van der Waals surface area contributed by atoms with Crippen LogP contribution in [0.4, 0.5) is 0 Å². The third-order valence-corrected chi connectivity index (χ3v) is 20.6. The zero-order chi connectivity index (χ0) is 57.7. The summed E-state index contributed by atoms with van der Waals surface area (Å²) in [4.78, 5) is 0. The zero-order valence-electron chi connectivity index (χ0n) is 50.2. The molecule has 0 saturated carbocycles. The van der Waals surface area contributed by atoms with Gasteiger partial charge in [-0.3, -0.25) is 0 Å². The molecule has 0 bridgehead atoms. The average Bonchev–Trinajstić information content (AvgIpc) is 4.35. The molecule has 4 heteroatoms. The smallest absolute Gasteiger partial charge is 0.0114 e. The molecule has 0 N–H and O–H groups in total. The van der Waals surface area contributed by atoms with Crippen LogP contribution in [0.15, 0.2) is 267 Å². The van der Waals surface area contributed by atoms with E-state index in [1.54, 1.807) is 24.2 Å². The van der Waals surface area contributed by atoms with Crippen molar-refractivity contribution in [3.63, 3.8) is 0 Å². The van der Waals surface area contributed by atoms with Crippen LogP contribution in [0.3, 0.4) is 0 Å². The topological polar surface area (TPSA) is 0 Å². The zero-order valence-corrected chi connectivity index (χ0v) is 56.6. The summed E-state index contributed by atoms with van der Waals surface area (Å²) in [6, 6.07) is 95.6. The Morgan fingerprint density at radius 2 is 0.536 bits per heavy atom.